The molecule has 7 heteroatoms. The minimum atomic E-state index is -1.55. The van der Waals surface area contributed by atoms with Gasteiger partial charge in [0, 0.05) is 5.02 Å². The van der Waals surface area contributed by atoms with Gasteiger partial charge in [-0.05, 0) is 25.1 Å². The Morgan fingerprint density at radius 2 is 1.84 bits per heavy atom. The number of nitrogens with zero attached hydrogens (tertiary/aromatic N) is 1. The first-order chi connectivity index (χ1) is 8.90. The number of aromatic amines is 1. The van der Waals surface area contributed by atoms with Gasteiger partial charge in [-0.15, -0.1) is 0 Å². The van der Waals surface area contributed by atoms with E-state index in [4.69, 9.17) is 11.6 Å². The lowest BCUT2D eigenvalue weighted by atomic mass is 10.0. The molecule has 1 aromatic carbocycles. The Morgan fingerprint density at radius 1 is 1.16 bits per heavy atom. The van der Waals surface area contributed by atoms with Gasteiger partial charge in [0.2, 0.25) is 0 Å². The molecule has 0 amide bonds. The summed E-state index contributed by atoms with van der Waals surface area (Å²) in [6, 6.07) is 4.97. The highest BCUT2D eigenvalue weighted by molar-refractivity contribution is 6.31. The lowest BCUT2D eigenvalue weighted by molar-refractivity contribution is -0.103. The van der Waals surface area contributed by atoms with Crippen LogP contribution in [0.3, 0.4) is 0 Å². The van der Waals surface area contributed by atoms with E-state index in [1.807, 2.05) is 0 Å². The Hall–Kier alpha value is -1.18. The third-order valence-corrected chi connectivity index (χ3v) is 3.15. The van der Waals surface area contributed by atoms with Gasteiger partial charge in [0.05, 0.1) is 17.1 Å². The van der Waals surface area contributed by atoms with Crippen LogP contribution in [-0.2, 0) is 0 Å². The number of fused-ring (bicyclic) bond motifs is 1. The van der Waals surface area contributed by atoms with Crippen molar-refractivity contribution < 1.29 is 20.4 Å². The molecule has 6 nitrogen and oxygen atoms in total. The van der Waals surface area contributed by atoms with Crippen LogP contribution >= 0.6 is 11.6 Å². The van der Waals surface area contributed by atoms with E-state index in [0.29, 0.717) is 16.1 Å². The third-order valence-electron chi connectivity index (χ3n) is 2.91. The molecule has 2 unspecified atom stereocenters. The van der Waals surface area contributed by atoms with E-state index in [9.17, 15) is 20.4 Å². The van der Waals surface area contributed by atoms with E-state index in [-0.39, 0.29) is 5.82 Å². The number of rotatable bonds is 4. The molecule has 0 saturated heterocycles. The largest absolute Gasteiger partial charge is 0.391 e. The van der Waals surface area contributed by atoms with Crippen LogP contribution in [0.5, 0.6) is 0 Å². The fraction of sp³-hybridized carbons (Fsp3) is 0.417. The standard InChI is InChI=1S/C12H15ClN2O4/c1-5(16)9(17)10(18)11(19)12-14-7-3-2-6(13)4-8(7)15-12/h2-5,9-11,16-19H,1H3,(H,14,15)/t5?,9-,10-,11?/m0/s1. The Balaban J connectivity index is 2.28. The van der Waals surface area contributed by atoms with Crippen LogP contribution < -0.4 is 0 Å². The molecular weight excluding hydrogens is 272 g/mol. The van der Waals surface area contributed by atoms with Crippen molar-refractivity contribution in [2.24, 2.45) is 0 Å². The van der Waals surface area contributed by atoms with E-state index < -0.39 is 24.4 Å². The van der Waals surface area contributed by atoms with Crippen LogP contribution in [0.25, 0.3) is 11.0 Å². The Labute approximate surface area is 114 Å². The van der Waals surface area contributed by atoms with Crippen molar-refractivity contribution in [3.63, 3.8) is 0 Å². The molecule has 5 N–H and O–H groups in total. The number of nitrogens with one attached hydrogen (secondary N) is 1. The second-order valence-corrected chi connectivity index (χ2v) is 4.89. The normalized spacial score (nSPS) is 18.2. The number of aromatic nitrogens is 2. The fourth-order valence-corrected chi connectivity index (χ4v) is 1.94. The van der Waals surface area contributed by atoms with Crippen molar-refractivity contribution in [3.8, 4) is 0 Å². The van der Waals surface area contributed by atoms with Gasteiger partial charge in [-0.3, -0.25) is 0 Å². The maximum atomic E-state index is 9.93. The summed E-state index contributed by atoms with van der Waals surface area (Å²) in [5.74, 6) is 0.101. The molecule has 0 fully saturated rings. The van der Waals surface area contributed by atoms with Gasteiger partial charge in [-0.2, -0.15) is 0 Å². The summed E-state index contributed by atoms with van der Waals surface area (Å²) in [4.78, 5) is 6.92. The molecule has 0 spiro atoms. The highest BCUT2D eigenvalue weighted by Gasteiger charge is 2.30. The number of hydrogen-bond acceptors (Lipinski definition) is 5. The molecular formula is C12H15ClN2O4. The molecule has 0 aliphatic carbocycles. The van der Waals surface area contributed by atoms with E-state index >= 15 is 0 Å². The van der Waals surface area contributed by atoms with E-state index in [2.05, 4.69) is 9.97 Å². The van der Waals surface area contributed by atoms with E-state index in [0.717, 1.165) is 0 Å². The van der Waals surface area contributed by atoms with Crippen molar-refractivity contribution in [3.05, 3.63) is 29.0 Å². The van der Waals surface area contributed by atoms with Gasteiger partial charge in [0.25, 0.3) is 0 Å². The first-order valence-electron chi connectivity index (χ1n) is 5.77. The number of halogens is 1. The van der Waals surface area contributed by atoms with Crippen LogP contribution in [0.4, 0.5) is 0 Å². The zero-order chi connectivity index (χ0) is 14.2. The third kappa shape index (κ3) is 2.88. The van der Waals surface area contributed by atoms with E-state index in [1.54, 1.807) is 18.2 Å². The smallest absolute Gasteiger partial charge is 0.140 e. The summed E-state index contributed by atoms with van der Waals surface area (Å²) in [7, 11) is 0. The van der Waals surface area contributed by atoms with Crippen LogP contribution in [0.2, 0.25) is 5.02 Å². The van der Waals surface area contributed by atoms with Gasteiger partial charge >= 0.3 is 0 Å². The zero-order valence-electron chi connectivity index (χ0n) is 10.2. The highest BCUT2D eigenvalue weighted by atomic mass is 35.5. The molecule has 1 aromatic heterocycles. The number of aliphatic hydroxyl groups excluding tert-OH is 4. The summed E-state index contributed by atoms with van der Waals surface area (Å²) < 4.78 is 0. The van der Waals surface area contributed by atoms with Gasteiger partial charge in [-0.25, -0.2) is 4.98 Å². The molecule has 4 atom stereocenters. The molecule has 104 valence electrons. The quantitative estimate of drug-likeness (QED) is 0.557. The lowest BCUT2D eigenvalue weighted by Gasteiger charge is -2.23. The summed E-state index contributed by atoms with van der Waals surface area (Å²) >= 11 is 5.82. The fourth-order valence-electron chi connectivity index (χ4n) is 1.77. The number of hydrogen-bond donors (Lipinski definition) is 5. The molecule has 0 bridgehead atoms. The molecule has 1 heterocycles. The van der Waals surface area contributed by atoms with Crippen molar-refractivity contribution in [2.45, 2.75) is 31.3 Å². The molecule has 0 saturated carbocycles. The first-order valence-corrected chi connectivity index (χ1v) is 6.15. The van der Waals surface area contributed by atoms with Gasteiger partial charge < -0.3 is 25.4 Å². The average molecular weight is 287 g/mol. The summed E-state index contributed by atoms with van der Waals surface area (Å²) in [6.07, 6.45) is -5.61. The van der Waals surface area contributed by atoms with Gasteiger partial charge in [0.1, 0.15) is 24.1 Å². The van der Waals surface area contributed by atoms with Gasteiger partial charge in [0.15, 0.2) is 0 Å². The average Bonchev–Trinajstić information content (AvgIpc) is 2.78. The second kappa shape index (κ2) is 5.44. The van der Waals surface area contributed by atoms with E-state index in [1.165, 1.54) is 6.92 Å². The topological polar surface area (TPSA) is 110 Å². The summed E-state index contributed by atoms with van der Waals surface area (Å²) in [6.45, 7) is 1.32. The molecule has 0 aliphatic heterocycles. The predicted molar refractivity (Wildman–Crippen MR) is 69.8 cm³/mol. The van der Waals surface area contributed by atoms with Crippen LogP contribution in [0, 0.1) is 0 Å². The first kappa shape index (κ1) is 14.2. The maximum Gasteiger partial charge on any atom is 0.140 e. The number of imidazole rings is 1. The van der Waals surface area contributed by atoms with Crippen LogP contribution in [0.1, 0.15) is 18.9 Å². The van der Waals surface area contributed by atoms with Crippen LogP contribution in [-0.4, -0.2) is 48.7 Å². The molecule has 2 rings (SSSR count). The Bertz CT molecular complexity index is 572. The lowest BCUT2D eigenvalue weighted by Crippen LogP contribution is -2.39. The SMILES string of the molecule is CC(O)[C@H](O)[C@H](O)C(O)c1nc2cc(Cl)ccc2[nH]1. The number of H-pyrrole nitrogens is 1. The monoisotopic (exact) mass is 286 g/mol. The second-order valence-electron chi connectivity index (χ2n) is 4.45. The maximum absolute atomic E-state index is 9.93. The number of aliphatic hydroxyl groups is 4. The molecule has 0 radical (unpaired) electrons. The molecule has 19 heavy (non-hydrogen) atoms. The Kier molecular flexibility index (Phi) is 4.07. The van der Waals surface area contributed by atoms with Crippen LogP contribution in [0.15, 0.2) is 18.2 Å². The molecule has 0 aliphatic rings. The Morgan fingerprint density at radius 3 is 2.47 bits per heavy atom. The summed E-state index contributed by atoms with van der Waals surface area (Å²) in [5.41, 5.74) is 1.19. The minimum Gasteiger partial charge on any atom is -0.391 e. The summed E-state index contributed by atoms with van der Waals surface area (Å²) in [5, 5.41) is 38.9. The van der Waals surface area contributed by atoms with Crippen molar-refractivity contribution in [1.82, 2.24) is 9.97 Å². The highest BCUT2D eigenvalue weighted by Crippen LogP contribution is 2.23. The van der Waals surface area contributed by atoms with Crippen molar-refractivity contribution in [2.75, 3.05) is 0 Å². The van der Waals surface area contributed by atoms with Gasteiger partial charge in [-0.1, -0.05) is 11.6 Å². The zero-order valence-corrected chi connectivity index (χ0v) is 10.9. The van der Waals surface area contributed by atoms with Crippen molar-refractivity contribution in [1.29, 1.82) is 0 Å². The minimum absolute atomic E-state index is 0.101. The van der Waals surface area contributed by atoms with Crippen molar-refractivity contribution >= 4 is 22.6 Å². The molecule has 2 aromatic rings. The number of benzene rings is 1. The predicted octanol–water partition coefficient (Wildman–Crippen LogP) is 0.352.